The third-order valence-electron chi connectivity index (χ3n) is 2.25. The predicted octanol–water partition coefficient (Wildman–Crippen LogP) is 3.48. The molecule has 4 heteroatoms. The molecule has 90 valence electrons. The van der Waals surface area contributed by atoms with E-state index in [2.05, 4.69) is 0 Å². The van der Waals surface area contributed by atoms with Gasteiger partial charge >= 0.3 is 6.18 Å². The first-order valence-corrected chi connectivity index (χ1v) is 5.14. The van der Waals surface area contributed by atoms with E-state index in [0.29, 0.717) is 5.92 Å². The highest BCUT2D eigenvalue weighted by atomic mass is 19.4. The van der Waals surface area contributed by atoms with Gasteiger partial charge in [0, 0.05) is 0 Å². The molecule has 1 rings (SSSR count). The van der Waals surface area contributed by atoms with Crippen LogP contribution in [0.15, 0.2) is 24.3 Å². The Morgan fingerprint density at radius 2 is 1.62 bits per heavy atom. The Kier molecular flexibility index (Phi) is 3.97. The fraction of sp³-hybridized carbons (Fsp3) is 0.500. The number of aliphatic hydroxyl groups is 1. The van der Waals surface area contributed by atoms with Crippen molar-refractivity contribution in [1.29, 1.82) is 0 Å². The van der Waals surface area contributed by atoms with E-state index in [0.717, 1.165) is 12.0 Å². The third-order valence-corrected chi connectivity index (χ3v) is 2.25. The van der Waals surface area contributed by atoms with Gasteiger partial charge in [0.2, 0.25) is 0 Å². The third kappa shape index (κ3) is 3.52. The summed E-state index contributed by atoms with van der Waals surface area (Å²) in [5.41, 5.74) is 0.869. The minimum absolute atomic E-state index is 0.111. The number of alkyl halides is 3. The van der Waals surface area contributed by atoms with Crippen LogP contribution < -0.4 is 0 Å². The molecule has 0 radical (unpaired) electrons. The van der Waals surface area contributed by atoms with Crippen molar-refractivity contribution in [2.75, 3.05) is 0 Å². The summed E-state index contributed by atoms with van der Waals surface area (Å²) < 4.78 is 36.6. The molecule has 1 nitrogen and oxygen atoms in total. The van der Waals surface area contributed by atoms with Crippen LogP contribution in [0.1, 0.15) is 31.1 Å². The summed E-state index contributed by atoms with van der Waals surface area (Å²) in [7, 11) is 0. The number of aliphatic hydroxyl groups excluding tert-OH is 1. The molecular weight excluding hydrogens is 217 g/mol. The Labute approximate surface area is 92.9 Å². The quantitative estimate of drug-likeness (QED) is 0.845. The summed E-state index contributed by atoms with van der Waals surface area (Å²) in [6, 6.07) is 5.92. The second-order valence-electron chi connectivity index (χ2n) is 4.28. The molecule has 0 fully saturated rings. The minimum Gasteiger partial charge on any atom is -0.379 e. The maximum Gasteiger partial charge on any atom is 0.418 e. The van der Waals surface area contributed by atoms with E-state index < -0.39 is 12.3 Å². The van der Waals surface area contributed by atoms with Gasteiger partial charge in [-0.25, -0.2) is 0 Å². The lowest BCUT2D eigenvalue weighted by Crippen LogP contribution is -2.20. The first-order chi connectivity index (χ1) is 7.30. The molecule has 0 saturated carbocycles. The van der Waals surface area contributed by atoms with Gasteiger partial charge in [0.1, 0.15) is 0 Å². The van der Waals surface area contributed by atoms with Crippen LogP contribution in [0.3, 0.4) is 0 Å². The zero-order chi connectivity index (χ0) is 12.3. The topological polar surface area (TPSA) is 20.2 Å². The van der Waals surface area contributed by atoms with E-state index in [4.69, 9.17) is 5.11 Å². The molecule has 0 heterocycles. The SMILES string of the molecule is CC(C)Cc1ccc(C(O)C(F)(F)F)cc1. The normalized spacial score (nSPS) is 14.2. The van der Waals surface area contributed by atoms with Crippen LogP contribution in [-0.2, 0) is 6.42 Å². The van der Waals surface area contributed by atoms with Gasteiger partial charge in [0.25, 0.3) is 0 Å². The predicted molar refractivity (Wildman–Crippen MR) is 56.0 cm³/mol. The van der Waals surface area contributed by atoms with Crippen molar-refractivity contribution in [3.8, 4) is 0 Å². The number of hydrogen-bond donors (Lipinski definition) is 1. The van der Waals surface area contributed by atoms with Crippen molar-refractivity contribution in [3.05, 3.63) is 35.4 Å². The number of rotatable bonds is 3. The van der Waals surface area contributed by atoms with E-state index in [1.165, 1.54) is 12.1 Å². The van der Waals surface area contributed by atoms with Gasteiger partial charge in [0.15, 0.2) is 6.10 Å². The molecule has 0 aromatic heterocycles. The van der Waals surface area contributed by atoms with Crippen LogP contribution in [0.5, 0.6) is 0 Å². The van der Waals surface area contributed by atoms with Gasteiger partial charge in [-0.1, -0.05) is 38.1 Å². The molecule has 0 amide bonds. The maximum absolute atomic E-state index is 12.2. The van der Waals surface area contributed by atoms with Crippen molar-refractivity contribution >= 4 is 0 Å². The van der Waals surface area contributed by atoms with E-state index in [1.54, 1.807) is 12.1 Å². The van der Waals surface area contributed by atoms with Gasteiger partial charge in [-0.15, -0.1) is 0 Å². The smallest absolute Gasteiger partial charge is 0.379 e. The Morgan fingerprint density at radius 3 is 2.00 bits per heavy atom. The molecule has 0 bridgehead atoms. The first kappa shape index (κ1) is 13.0. The summed E-state index contributed by atoms with van der Waals surface area (Å²) in [5, 5.41) is 9.00. The van der Waals surface area contributed by atoms with E-state index in [-0.39, 0.29) is 5.56 Å². The van der Waals surface area contributed by atoms with Crippen LogP contribution in [0.25, 0.3) is 0 Å². The average Bonchev–Trinajstić information content (AvgIpc) is 2.15. The molecule has 0 saturated heterocycles. The van der Waals surface area contributed by atoms with Gasteiger partial charge in [-0.3, -0.25) is 0 Å². The fourth-order valence-corrected chi connectivity index (χ4v) is 1.50. The highest BCUT2D eigenvalue weighted by Crippen LogP contribution is 2.32. The van der Waals surface area contributed by atoms with Crippen molar-refractivity contribution in [1.82, 2.24) is 0 Å². The Hall–Kier alpha value is -1.03. The van der Waals surface area contributed by atoms with E-state index in [9.17, 15) is 13.2 Å². The van der Waals surface area contributed by atoms with Crippen LogP contribution in [0.2, 0.25) is 0 Å². The number of halogens is 3. The summed E-state index contributed by atoms with van der Waals surface area (Å²) in [5.74, 6) is 0.457. The van der Waals surface area contributed by atoms with Gasteiger partial charge in [-0.05, 0) is 23.5 Å². The van der Waals surface area contributed by atoms with Crippen molar-refractivity contribution < 1.29 is 18.3 Å². The summed E-state index contributed by atoms with van der Waals surface area (Å²) in [6.07, 6.45) is -6.16. The molecule has 0 aliphatic carbocycles. The molecule has 0 spiro atoms. The zero-order valence-electron chi connectivity index (χ0n) is 9.25. The van der Waals surface area contributed by atoms with Crippen molar-refractivity contribution in [2.24, 2.45) is 5.92 Å². The van der Waals surface area contributed by atoms with E-state index >= 15 is 0 Å². The largest absolute Gasteiger partial charge is 0.418 e. The molecule has 1 N–H and O–H groups in total. The van der Waals surface area contributed by atoms with E-state index in [1.807, 2.05) is 13.8 Å². The summed E-state index contributed by atoms with van der Waals surface area (Å²) in [4.78, 5) is 0. The molecular formula is C12H15F3O. The number of benzene rings is 1. The molecule has 1 aromatic carbocycles. The Balaban J connectivity index is 2.79. The first-order valence-electron chi connectivity index (χ1n) is 5.14. The highest BCUT2D eigenvalue weighted by molar-refractivity contribution is 5.25. The molecule has 1 aromatic rings. The van der Waals surface area contributed by atoms with Crippen molar-refractivity contribution in [3.63, 3.8) is 0 Å². The lowest BCUT2D eigenvalue weighted by Gasteiger charge is -2.15. The second kappa shape index (κ2) is 4.87. The lowest BCUT2D eigenvalue weighted by molar-refractivity contribution is -0.206. The standard InChI is InChI=1S/C12H15F3O/c1-8(2)7-9-3-5-10(6-4-9)11(16)12(13,14)15/h3-6,8,11,16H,7H2,1-2H3. The molecule has 1 unspecified atom stereocenters. The second-order valence-corrected chi connectivity index (χ2v) is 4.28. The van der Waals surface area contributed by atoms with Crippen molar-refractivity contribution in [2.45, 2.75) is 32.5 Å². The maximum atomic E-state index is 12.2. The molecule has 0 aliphatic rings. The Bertz CT molecular complexity index is 327. The summed E-state index contributed by atoms with van der Waals surface area (Å²) in [6.45, 7) is 4.08. The van der Waals surface area contributed by atoms with Gasteiger partial charge < -0.3 is 5.11 Å². The van der Waals surface area contributed by atoms with Crippen LogP contribution in [0, 0.1) is 5.92 Å². The monoisotopic (exact) mass is 232 g/mol. The van der Waals surface area contributed by atoms with Gasteiger partial charge in [-0.2, -0.15) is 13.2 Å². The molecule has 0 aliphatic heterocycles. The summed E-state index contributed by atoms with van der Waals surface area (Å²) >= 11 is 0. The highest BCUT2D eigenvalue weighted by Gasteiger charge is 2.39. The fourth-order valence-electron chi connectivity index (χ4n) is 1.50. The average molecular weight is 232 g/mol. The minimum atomic E-state index is -4.60. The molecule has 16 heavy (non-hydrogen) atoms. The molecule has 1 atom stereocenters. The van der Waals surface area contributed by atoms with Crippen LogP contribution in [0.4, 0.5) is 13.2 Å². The lowest BCUT2D eigenvalue weighted by atomic mass is 10.0. The Morgan fingerprint density at radius 1 is 1.12 bits per heavy atom. The van der Waals surface area contributed by atoms with Gasteiger partial charge in [0.05, 0.1) is 0 Å². The zero-order valence-corrected chi connectivity index (χ0v) is 9.25. The van der Waals surface area contributed by atoms with Crippen LogP contribution >= 0.6 is 0 Å². The number of hydrogen-bond acceptors (Lipinski definition) is 1. The van der Waals surface area contributed by atoms with Crippen LogP contribution in [-0.4, -0.2) is 11.3 Å².